The van der Waals surface area contributed by atoms with Crippen molar-refractivity contribution in [3.8, 4) is 0 Å². The van der Waals surface area contributed by atoms with Gasteiger partial charge in [0.25, 0.3) is 10.0 Å². The van der Waals surface area contributed by atoms with Gasteiger partial charge < -0.3 is 10.6 Å². The maximum absolute atomic E-state index is 13.1. The maximum Gasteiger partial charge on any atom is 0.333 e. The molecule has 9 heteroatoms. The first-order valence-electron chi connectivity index (χ1n) is 13.4. The van der Waals surface area contributed by atoms with E-state index in [-0.39, 0.29) is 23.2 Å². The van der Waals surface area contributed by atoms with Gasteiger partial charge in [0.1, 0.15) is 0 Å². The van der Waals surface area contributed by atoms with Gasteiger partial charge in [-0.2, -0.15) is 0 Å². The van der Waals surface area contributed by atoms with E-state index < -0.39 is 16.1 Å². The molecule has 5 rings (SSSR count). The Morgan fingerprint density at radius 3 is 2.42 bits per heavy atom. The van der Waals surface area contributed by atoms with Crippen molar-refractivity contribution in [1.82, 2.24) is 15.0 Å². The van der Waals surface area contributed by atoms with E-state index in [1.807, 2.05) is 25.1 Å². The number of pyridine rings is 1. The van der Waals surface area contributed by atoms with Crippen LogP contribution >= 0.6 is 0 Å². The fourth-order valence-corrected chi connectivity index (χ4v) is 7.12. The number of allylic oxidation sites excluding steroid dienone is 3. The van der Waals surface area contributed by atoms with E-state index >= 15 is 0 Å². The van der Waals surface area contributed by atoms with Gasteiger partial charge in [0.05, 0.1) is 11.3 Å². The molecule has 1 heterocycles. The summed E-state index contributed by atoms with van der Waals surface area (Å²) in [5.74, 6) is -0.383. The number of nitrogens with zero attached hydrogens (tertiary/aromatic N) is 1. The van der Waals surface area contributed by atoms with Crippen molar-refractivity contribution in [2.75, 3.05) is 11.9 Å². The number of rotatable bonds is 8. The molecule has 3 N–H and O–H groups in total. The Balaban J connectivity index is 1.18. The lowest BCUT2D eigenvalue weighted by atomic mass is 9.93. The first-order valence-corrected chi connectivity index (χ1v) is 14.8. The Kier molecular flexibility index (Phi) is 7.65. The number of aromatic nitrogens is 1. The van der Waals surface area contributed by atoms with Crippen LogP contribution in [0.15, 0.2) is 53.1 Å². The molecule has 0 radical (unpaired) electrons. The zero-order valence-corrected chi connectivity index (χ0v) is 22.5. The molecule has 0 saturated carbocycles. The summed E-state index contributed by atoms with van der Waals surface area (Å²) in [6.45, 7) is 2.30. The lowest BCUT2D eigenvalue weighted by Gasteiger charge is -2.22. The van der Waals surface area contributed by atoms with E-state index in [4.69, 9.17) is 0 Å². The lowest BCUT2D eigenvalue weighted by molar-refractivity contribution is -0.120. The molecule has 8 nitrogen and oxygen atoms in total. The third kappa shape index (κ3) is 5.83. The summed E-state index contributed by atoms with van der Waals surface area (Å²) in [6.07, 6.45) is 12.3. The number of carbonyl (C=O) groups is 2. The summed E-state index contributed by atoms with van der Waals surface area (Å²) >= 11 is 0. The van der Waals surface area contributed by atoms with Gasteiger partial charge in [0.15, 0.2) is 0 Å². The summed E-state index contributed by atoms with van der Waals surface area (Å²) in [5, 5.41) is 5.80. The van der Waals surface area contributed by atoms with Crippen LogP contribution < -0.4 is 15.4 Å². The fourth-order valence-electron chi connectivity index (χ4n) is 5.85. The molecule has 0 spiro atoms. The second kappa shape index (κ2) is 11.1. The van der Waals surface area contributed by atoms with Gasteiger partial charge in [0, 0.05) is 24.1 Å². The van der Waals surface area contributed by atoms with Crippen LogP contribution in [0, 0.1) is 5.92 Å². The van der Waals surface area contributed by atoms with Gasteiger partial charge in [-0.3, -0.25) is 9.78 Å². The first-order chi connectivity index (χ1) is 18.3. The largest absolute Gasteiger partial charge is 0.355 e. The summed E-state index contributed by atoms with van der Waals surface area (Å²) < 4.78 is 28.5. The van der Waals surface area contributed by atoms with E-state index in [1.165, 1.54) is 11.1 Å². The van der Waals surface area contributed by atoms with Crippen molar-refractivity contribution >= 4 is 27.6 Å². The normalized spacial score (nSPS) is 18.2. The average Bonchev–Trinajstić information content (AvgIpc) is 3.54. The summed E-state index contributed by atoms with van der Waals surface area (Å²) in [4.78, 5) is 29.4. The molecule has 1 atom stereocenters. The number of aryl methyl sites for hydroxylation is 2. The first kappa shape index (κ1) is 26.2. The van der Waals surface area contributed by atoms with Crippen LogP contribution in [-0.4, -0.2) is 31.9 Å². The molecular formula is C29H34N4O4S. The Morgan fingerprint density at radius 2 is 1.76 bits per heavy atom. The predicted molar refractivity (Wildman–Crippen MR) is 147 cm³/mol. The van der Waals surface area contributed by atoms with Crippen LogP contribution in [0.1, 0.15) is 60.6 Å². The minimum atomic E-state index is -3.99. The van der Waals surface area contributed by atoms with Crippen LogP contribution in [-0.2, 0) is 46.9 Å². The van der Waals surface area contributed by atoms with Crippen LogP contribution in [0.25, 0.3) is 0 Å². The minimum Gasteiger partial charge on any atom is -0.355 e. The molecule has 3 aliphatic rings. The fraction of sp³-hybridized carbons (Fsp3) is 0.414. The third-order valence-corrected chi connectivity index (χ3v) is 9.24. The third-order valence-electron chi connectivity index (χ3n) is 7.62. The van der Waals surface area contributed by atoms with Gasteiger partial charge in [-0.25, -0.2) is 17.9 Å². The molecule has 2 aromatic rings. The van der Waals surface area contributed by atoms with Crippen LogP contribution in [0.5, 0.6) is 0 Å². The summed E-state index contributed by atoms with van der Waals surface area (Å²) in [7, 11) is -3.99. The van der Waals surface area contributed by atoms with Crippen molar-refractivity contribution in [2.24, 2.45) is 5.92 Å². The minimum absolute atomic E-state index is 0.100. The Labute approximate surface area is 224 Å². The number of nitrogens with one attached hydrogen (secondary N) is 3. The topological polar surface area (TPSA) is 117 Å². The molecule has 0 aliphatic heterocycles. The van der Waals surface area contributed by atoms with Crippen LogP contribution in [0.2, 0.25) is 0 Å². The molecular weight excluding hydrogens is 500 g/mol. The highest BCUT2D eigenvalue weighted by molar-refractivity contribution is 7.93. The molecule has 3 aliphatic carbocycles. The van der Waals surface area contributed by atoms with Crippen molar-refractivity contribution < 1.29 is 18.0 Å². The Bertz CT molecular complexity index is 1380. The zero-order valence-electron chi connectivity index (χ0n) is 21.7. The predicted octanol–water partition coefficient (Wildman–Crippen LogP) is 4.11. The van der Waals surface area contributed by atoms with Crippen molar-refractivity contribution in [3.05, 3.63) is 81.0 Å². The maximum atomic E-state index is 13.1. The SMILES string of the molecule is CC1CC(CCNC(=O)Cc2ccccn2)=CC=C1S(=O)(=O)NC(=O)Nc1c2c(cc3c1CCC3)CCC2. The van der Waals surface area contributed by atoms with Gasteiger partial charge in [0.2, 0.25) is 5.91 Å². The second-order valence-electron chi connectivity index (χ2n) is 10.4. The van der Waals surface area contributed by atoms with Gasteiger partial charge in [-0.1, -0.05) is 30.7 Å². The average molecular weight is 535 g/mol. The van der Waals surface area contributed by atoms with Crippen LogP contribution in [0.3, 0.4) is 0 Å². The number of urea groups is 1. The molecule has 38 heavy (non-hydrogen) atoms. The van der Waals surface area contributed by atoms with E-state index in [0.717, 1.165) is 60.9 Å². The number of sulfonamides is 1. The number of carbonyl (C=O) groups excluding carboxylic acids is 2. The smallest absolute Gasteiger partial charge is 0.333 e. The lowest BCUT2D eigenvalue weighted by Crippen LogP contribution is -2.37. The monoisotopic (exact) mass is 534 g/mol. The second-order valence-corrected chi connectivity index (χ2v) is 12.1. The molecule has 1 unspecified atom stereocenters. The van der Waals surface area contributed by atoms with E-state index in [2.05, 4.69) is 26.4 Å². The van der Waals surface area contributed by atoms with Gasteiger partial charge in [-0.05, 0) is 97.7 Å². The number of amides is 3. The number of fused-ring (bicyclic) bond motifs is 2. The molecule has 1 aromatic heterocycles. The Hall–Kier alpha value is -3.46. The number of benzene rings is 1. The highest BCUT2D eigenvalue weighted by Crippen LogP contribution is 2.38. The molecule has 0 saturated heterocycles. The van der Waals surface area contributed by atoms with Crippen molar-refractivity contribution in [3.63, 3.8) is 0 Å². The van der Waals surface area contributed by atoms with Crippen LogP contribution in [0.4, 0.5) is 10.5 Å². The number of anilines is 1. The highest BCUT2D eigenvalue weighted by atomic mass is 32.2. The molecule has 200 valence electrons. The number of hydrogen-bond acceptors (Lipinski definition) is 5. The summed E-state index contributed by atoms with van der Waals surface area (Å²) in [5.41, 5.74) is 7.45. The zero-order chi connectivity index (χ0) is 26.7. The standard InChI is InChI=1S/C29H34N4O4S/c1-19-16-20(13-15-31-27(34)18-23-8-2-3-14-30-23)11-12-26(19)38(36,37)33-29(35)32-28-24-9-4-6-21(24)17-22-7-5-10-25(22)28/h2-3,8,11-12,14,17,19H,4-7,9-10,13,15-16,18H2,1H3,(H,31,34)(H2,32,33,35). The molecule has 1 aromatic carbocycles. The van der Waals surface area contributed by atoms with Gasteiger partial charge >= 0.3 is 6.03 Å². The molecule has 0 fully saturated rings. The molecule has 3 amide bonds. The number of hydrogen-bond donors (Lipinski definition) is 3. The summed E-state index contributed by atoms with van der Waals surface area (Å²) in [6, 6.07) is 7.03. The van der Waals surface area contributed by atoms with E-state index in [0.29, 0.717) is 25.1 Å². The van der Waals surface area contributed by atoms with Crippen molar-refractivity contribution in [2.45, 2.75) is 64.7 Å². The quantitative estimate of drug-likeness (QED) is 0.471. The van der Waals surface area contributed by atoms with E-state index in [9.17, 15) is 18.0 Å². The molecule has 0 bridgehead atoms. The highest BCUT2D eigenvalue weighted by Gasteiger charge is 2.30. The Morgan fingerprint density at radius 1 is 1.03 bits per heavy atom. The van der Waals surface area contributed by atoms with Gasteiger partial charge in [-0.15, -0.1) is 0 Å². The van der Waals surface area contributed by atoms with E-state index in [1.54, 1.807) is 18.3 Å². The van der Waals surface area contributed by atoms with Crippen molar-refractivity contribution in [1.29, 1.82) is 0 Å².